The summed E-state index contributed by atoms with van der Waals surface area (Å²) in [6, 6.07) is 1.89. The Kier molecular flexibility index (Phi) is 3.45. The van der Waals surface area contributed by atoms with Crippen molar-refractivity contribution in [1.29, 1.82) is 0 Å². The molecule has 0 radical (unpaired) electrons. The van der Waals surface area contributed by atoms with E-state index in [1.54, 1.807) is 29.3 Å². The zero-order chi connectivity index (χ0) is 16.5. The molecular formula is C15H15N7O2. The number of anilines is 2. The normalized spacial score (nSPS) is 15.0. The number of nitrogens with zero attached hydrogens (tertiary/aromatic N) is 7. The first-order chi connectivity index (χ1) is 11.7. The van der Waals surface area contributed by atoms with Crippen LogP contribution in [-0.4, -0.2) is 61.6 Å². The van der Waals surface area contributed by atoms with Gasteiger partial charge in [-0.05, 0) is 6.07 Å². The van der Waals surface area contributed by atoms with Crippen molar-refractivity contribution in [2.45, 2.75) is 0 Å². The fourth-order valence-corrected chi connectivity index (χ4v) is 2.85. The Morgan fingerprint density at radius 3 is 2.58 bits per heavy atom. The van der Waals surface area contributed by atoms with Crippen LogP contribution in [0.2, 0.25) is 0 Å². The van der Waals surface area contributed by atoms with E-state index in [9.17, 15) is 4.79 Å². The predicted molar refractivity (Wildman–Crippen MR) is 86.4 cm³/mol. The molecule has 4 heterocycles. The van der Waals surface area contributed by atoms with Crippen molar-refractivity contribution >= 4 is 23.3 Å². The maximum atomic E-state index is 11.1. The highest BCUT2D eigenvalue weighted by Gasteiger charge is 2.22. The third-order valence-electron chi connectivity index (χ3n) is 4.05. The van der Waals surface area contributed by atoms with Gasteiger partial charge in [0.1, 0.15) is 12.1 Å². The molecule has 9 nitrogen and oxygen atoms in total. The van der Waals surface area contributed by atoms with E-state index in [2.05, 4.69) is 29.7 Å². The van der Waals surface area contributed by atoms with E-state index in [4.69, 9.17) is 5.11 Å². The van der Waals surface area contributed by atoms with Crippen LogP contribution in [0.3, 0.4) is 0 Å². The maximum absolute atomic E-state index is 11.1. The second-order valence-corrected chi connectivity index (χ2v) is 5.45. The van der Waals surface area contributed by atoms with Gasteiger partial charge in [0.25, 0.3) is 0 Å². The number of carbonyl (C=O) groups is 1. The van der Waals surface area contributed by atoms with Crippen molar-refractivity contribution in [3.8, 4) is 0 Å². The molecule has 9 heteroatoms. The Morgan fingerprint density at radius 1 is 1.08 bits per heavy atom. The van der Waals surface area contributed by atoms with Gasteiger partial charge in [0.15, 0.2) is 17.2 Å². The number of carboxylic acids is 1. The molecule has 1 aliphatic heterocycles. The van der Waals surface area contributed by atoms with Crippen LogP contribution in [0.5, 0.6) is 0 Å². The summed E-state index contributed by atoms with van der Waals surface area (Å²) in [6.07, 6.45) is 8.14. The number of hydrogen-bond acceptors (Lipinski definition) is 7. The first-order valence-electron chi connectivity index (χ1n) is 7.55. The van der Waals surface area contributed by atoms with Gasteiger partial charge in [-0.2, -0.15) is 0 Å². The summed E-state index contributed by atoms with van der Waals surface area (Å²) in [7, 11) is 0. The molecule has 24 heavy (non-hydrogen) atoms. The van der Waals surface area contributed by atoms with Gasteiger partial charge < -0.3 is 19.3 Å². The van der Waals surface area contributed by atoms with E-state index >= 15 is 0 Å². The topological polar surface area (TPSA) is 99.8 Å². The number of piperazine rings is 1. The standard InChI is InChI=1S/C15H15N7O2/c23-15(24)11-9-22-4-3-17-13(14(22)19-11)21-7-5-20(6-8-21)12-1-2-16-10-18-12/h1-4,9-10H,5-8H2,(H,23,24). The lowest BCUT2D eigenvalue weighted by atomic mass is 10.3. The highest BCUT2D eigenvalue weighted by molar-refractivity contribution is 5.87. The summed E-state index contributed by atoms with van der Waals surface area (Å²) in [5.41, 5.74) is 0.578. The number of imidazole rings is 1. The molecule has 1 saturated heterocycles. The van der Waals surface area contributed by atoms with E-state index in [1.165, 1.54) is 6.20 Å². The second-order valence-electron chi connectivity index (χ2n) is 5.45. The average molecular weight is 325 g/mol. The molecule has 122 valence electrons. The summed E-state index contributed by atoms with van der Waals surface area (Å²) in [6.45, 7) is 3.11. The number of fused-ring (bicyclic) bond motifs is 1. The van der Waals surface area contributed by atoms with Crippen molar-refractivity contribution in [2.24, 2.45) is 0 Å². The fourth-order valence-electron chi connectivity index (χ4n) is 2.85. The molecule has 0 aliphatic carbocycles. The Labute approximate surface area is 137 Å². The largest absolute Gasteiger partial charge is 0.476 e. The molecular weight excluding hydrogens is 310 g/mol. The van der Waals surface area contributed by atoms with E-state index < -0.39 is 5.97 Å². The third kappa shape index (κ3) is 2.49. The molecule has 1 fully saturated rings. The molecule has 0 unspecified atom stereocenters. The smallest absolute Gasteiger partial charge is 0.356 e. The quantitative estimate of drug-likeness (QED) is 0.745. The van der Waals surface area contributed by atoms with Crippen molar-refractivity contribution in [3.63, 3.8) is 0 Å². The molecule has 0 saturated carbocycles. The van der Waals surface area contributed by atoms with E-state index in [0.717, 1.165) is 32.0 Å². The number of aromatic carboxylic acids is 1. The van der Waals surface area contributed by atoms with Gasteiger partial charge in [-0.15, -0.1) is 0 Å². The summed E-state index contributed by atoms with van der Waals surface area (Å²) < 4.78 is 1.70. The molecule has 3 aromatic heterocycles. The summed E-state index contributed by atoms with van der Waals surface area (Å²) in [5, 5.41) is 9.12. The minimum absolute atomic E-state index is 0.0175. The van der Waals surface area contributed by atoms with Crippen molar-refractivity contribution in [1.82, 2.24) is 24.3 Å². The van der Waals surface area contributed by atoms with Crippen molar-refractivity contribution < 1.29 is 9.90 Å². The highest BCUT2D eigenvalue weighted by atomic mass is 16.4. The Balaban J connectivity index is 1.57. The fraction of sp³-hybridized carbons (Fsp3) is 0.267. The SMILES string of the molecule is O=C(O)c1cn2ccnc(N3CCN(c4ccncn4)CC3)c2n1. The Bertz CT molecular complexity index is 872. The molecule has 3 aromatic rings. The first-order valence-corrected chi connectivity index (χ1v) is 7.55. The van der Waals surface area contributed by atoms with Gasteiger partial charge in [-0.25, -0.2) is 24.7 Å². The van der Waals surface area contributed by atoms with Crippen molar-refractivity contribution in [2.75, 3.05) is 36.0 Å². The van der Waals surface area contributed by atoms with E-state index in [-0.39, 0.29) is 5.69 Å². The number of hydrogen-bond donors (Lipinski definition) is 1. The van der Waals surface area contributed by atoms with Crippen LogP contribution in [0.1, 0.15) is 10.5 Å². The van der Waals surface area contributed by atoms with E-state index in [0.29, 0.717) is 11.5 Å². The predicted octanol–water partition coefficient (Wildman–Crippen LogP) is 0.544. The van der Waals surface area contributed by atoms with Gasteiger partial charge in [0.05, 0.1) is 0 Å². The molecule has 0 atom stereocenters. The van der Waals surface area contributed by atoms with Crippen LogP contribution in [0.25, 0.3) is 5.65 Å². The molecule has 0 bridgehead atoms. The molecule has 4 rings (SSSR count). The second kappa shape index (κ2) is 5.76. The Morgan fingerprint density at radius 2 is 1.88 bits per heavy atom. The van der Waals surface area contributed by atoms with Crippen LogP contribution in [0.15, 0.2) is 37.2 Å². The minimum Gasteiger partial charge on any atom is -0.476 e. The number of rotatable bonds is 3. The number of carboxylic acid groups (broad SMARTS) is 1. The molecule has 1 N–H and O–H groups in total. The molecule has 0 amide bonds. The van der Waals surface area contributed by atoms with Gasteiger partial charge >= 0.3 is 5.97 Å². The summed E-state index contributed by atoms with van der Waals surface area (Å²) >= 11 is 0. The van der Waals surface area contributed by atoms with Crippen LogP contribution in [0.4, 0.5) is 11.6 Å². The highest BCUT2D eigenvalue weighted by Crippen LogP contribution is 2.21. The monoisotopic (exact) mass is 325 g/mol. The van der Waals surface area contributed by atoms with Crippen LogP contribution in [-0.2, 0) is 0 Å². The summed E-state index contributed by atoms with van der Waals surface area (Å²) in [4.78, 5) is 32.2. The Hall–Kier alpha value is -3.23. The zero-order valence-electron chi connectivity index (χ0n) is 12.8. The zero-order valence-corrected chi connectivity index (χ0v) is 12.8. The minimum atomic E-state index is -1.04. The summed E-state index contributed by atoms with van der Waals surface area (Å²) in [5.74, 6) is 0.565. The van der Waals surface area contributed by atoms with Gasteiger partial charge in [0.2, 0.25) is 0 Å². The molecule has 0 aromatic carbocycles. The lowest BCUT2D eigenvalue weighted by Crippen LogP contribution is -2.47. The van der Waals surface area contributed by atoms with Gasteiger partial charge in [-0.1, -0.05) is 0 Å². The lowest BCUT2D eigenvalue weighted by Gasteiger charge is -2.35. The molecule has 1 aliphatic rings. The van der Waals surface area contributed by atoms with Crippen LogP contribution < -0.4 is 9.80 Å². The number of aromatic nitrogens is 5. The average Bonchev–Trinajstić information content (AvgIpc) is 3.07. The third-order valence-corrected chi connectivity index (χ3v) is 4.05. The maximum Gasteiger partial charge on any atom is 0.356 e. The van der Waals surface area contributed by atoms with E-state index in [1.807, 2.05) is 6.07 Å². The van der Waals surface area contributed by atoms with Crippen molar-refractivity contribution in [3.05, 3.63) is 42.9 Å². The van der Waals surface area contributed by atoms with Crippen LogP contribution in [0, 0.1) is 0 Å². The van der Waals surface area contributed by atoms with Gasteiger partial charge in [0, 0.05) is 51.0 Å². The van der Waals surface area contributed by atoms with Gasteiger partial charge in [-0.3, -0.25) is 0 Å². The lowest BCUT2D eigenvalue weighted by molar-refractivity contribution is 0.0691. The first kappa shape index (κ1) is 14.4. The molecule has 0 spiro atoms. The van der Waals surface area contributed by atoms with Crippen LogP contribution >= 0.6 is 0 Å².